The van der Waals surface area contributed by atoms with E-state index in [-0.39, 0.29) is 22.9 Å². The number of aromatic amines is 2. The first-order chi connectivity index (χ1) is 15.1. The summed E-state index contributed by atoms with van der Waals surface area (Å²) >= 11 is 0. The number of nitriles is 1. The average Bonchev–Trinajstić information content (AvgIpc) is 3.11. The Morgan fingerprint density at radius 2 is 1.81 bits per heavy atom. The first-order valence-electron chi connectivity index (χ1n) is 9.62. The SMILES string of the molecule is N#CC1=C(N)Oc2[nH]c(=O)[nH]c(=O)c2[C@H]1c1cn(Cc2ccccc2)c2ccccc12. The predicted molar refractivity (Wildman–Crippen MR) is 114 cm³/mol. The van der Waals surface area contributed by atoms with Crippen LogP contribution in [-0.4, -0.2) is 14.5 Å². The molecule has 4 N–H and O–H groups in total. The molecule has 1 aliphatic heterocycles. The van der Waals surface area contributed by atoms with Gasteiger partial charge in [0.1, 0.15) is 11.6 Å². The van der Waals surface area contributed by atoms with Gasteiger partial charge in [-0.3, -0.25) is 14.8 Å². The number of hydrogen-bond acceptors (Lipinski definition) is 5. The van der Waals surface area contributed by atoms with Crippen molar-refractivity contribution in [2.75, 3.05) is 0 Å². The summed E-state index contributed by atoms with van der Waals surface area (Å²) in [6.45, 7) is 0.612. The molecule has 0 bridgehead atoms. The van der Waals surface area contributed by atoms with E-state index >= 15 is 0 Å². The highest BCUT2D eigenvalue weighted by Gasteiger charge is 2.35. The lowest BCUT2D eigenvalue weighted by atomic mass is 9.85. The van der Waals surface area contributed by atoms with E-state index in [0.29, 0.717) is 6.54 Å². The molecule has 0 aliphatic carbocycles. The molecule has 4 aromatic rings. The summed E-state index contributed by atoms with van der Waals surface area (Å²) in [6.07, 6.45) is 1.92. The van der Waals surface area contributed by atoms with Gasteiger partial charge in [0.05, 0.1) is 11.5 Å². The van der Waals surface area contributed by atoms with Crippen LogP contribution in [0.25, 0.3) is 10.9 Å². The Hall–Kier alpha value is -4.51. The van der Waals surface area contributed by atoms with E-state index in [0.717, 1.165) is 22.0 Å². The van der Waals surface area contributed by atoms with E-state index < -0.39 is 17.2 Å². The molecule has 0 spiro atoms. The van der Waals surface area contributed by atoms with Crippen LogP contribution in [0.2, 0.25) is 0 Å². The van der Waals surface area contributed by atoms with E-state index in [1.165, 1.54) is 0 Å². The molecule has 0 unspecified atom stereocenters. The first kappa shape index (κ1) is 18.5. The van der Waals surface area contributed by atoms with Crippen LogP contribution in [0.5, 0.6) is 5.88 Å². The van der Waals surface area contributed by atoms with Crippen LogP contribution in [0.4, 0.5) is 0 Å². The van der Waals surface area contributed by atoms with Crippen LogP contribution in [0.3, 0.4) is 0 Å². The molecule has 1 aliphatic rings. The molecule has 5 rings (SSSR count). The van der Waals surface area contributed by atoms with E-state index in [4.69, 9.17) is 10.5 Å². The number of para-hydroxylation sites is 1. The summed E-state index contributed by atoms with van der Waals surface area (Å²) in [5.41, 5.74) is 7.73. The van der Waals surface area contributed by atoms with Gasteiger partial charge >= 0.3 is 5.69 Å². The van der Waals surface area contributed by atoms with Gasteiger partial charge < -0.3 is 15.0 Å². The molecular formula is C23H17N5O3. The standard InChI is InChI=1S/C23H17N5O3/c24-10-15-18(19-21(29)26-23(30)27-22(19)31-20(15)25)16-12-28(11-13-6-2-1-3-7-13)17-9-5-4-8-14(16)17/h1-9,12,18H,11,25H2,(H2,26,27,29,30)/t18-/m1/s1. The number of nitrogens with one attached hydrogen (secondary N) is 2. The zero-order chi connectivity index (χ0) is 21.5. The number of nitrogens with zero attached hydrogens (tertiary/aromatic N) is 2. The first-order valence-corrected chi connectivity index (χ1v) is 9.62. The van der Waals surface area contributed by atoms with Gasteiger partial charge in [0.25, 0.3) is 5.56 Å². The van der Waals surface area contributed by atoms with Gasteiger partial charge in [-0.2, -0.15) is 5.26 Å². The van der Waals surface area contributed by atoms with Crippen molar-refractivity contribution in [1.29, 1.82) is 5.26 Å². The lowest BCUT2D eigenvalue weighted by molar-refractivity contribution is 0.373. The second-order valence-corrected chi connectivity index (χ2v) is 7.29. The van der Waals surface area contributed by atoms with E-state index in [1.807, 2.05) is 60.8 Å². The van der Waals surface area contributed by atoms with Gasteiger partial charge in [-0.05, 0) is 17.2 Å². The molecule has 0 saturated carbocycles. The van der Waals surface area contributed by atoms with E-state index in [2.05, 4.69) is 20.6 Å². The second kappa shape index (κ2) is 7.07. The minimum absolute atomic E-state index is 0.0462. The molecule has 152 valence electrons. The van der Waals surface area contributed by atoms with E-state index in [9.17, 15) is 14.9 Å². The van der Waals surface area contributed by atoms with Gasteiger partial charge in [-0.15, -0.1) is 0 Å². The smallest absolute Gasteiger partial charge is 0.328 e. The topological polar surface area (TPSA) is 130 Å². The Balaban J connectivity index is 1.77. The maximum atomic E-state index is 12.7. The van der Waals surface area contributed by atoms with Crippen LogP contribution < -0.4 is 21.7 Å². The van der Waals surface area contributed by atoms with Crippen molar-refractivity contribution in [3.05, 3.63) is 110 Å². The minimum atomic E-state index is -0.781. The van der Waals surface area contributed by atoms with E-state index in [1.54, 1.807) is 0 Å². The van der Waals surface area contributed by atoms with Crippen LogP contribution in [0.1, 0.15) is 22.6 Å². The monoisotopic (exact) mass is 411 g/mol. The van der Waals surface area contributed by atoms with Gasteiger partial charge in [0.15, 0.2) is 0 Å². The Kier molecular flexibility index (Phi) is 4.22. The molecule has 0 radical (unpaired) electrons. The van der Waals surface area contributed by atoms with Gasteiger partial charge in [-0.25, -0.2) is 4.79 Å². The van der Waals surface area contributed by atoms with Crippen molar-refractivity contribution < 1.29 is 4.74 Å². The highest BCUT2D eigenvalue weighted by molar-refractivity contribution is 5.86. The molecule has 8 heteroatoms. The van der Waals surface area contributed by atoms with Crippen LogP contribution in [-0.2, 0) is 6.54 Å². The fourth-order valence-corrected chi connectivity index (χ4v) is 4.12. The molecule has 0 amide bonds. The number of ether oxygens (including phenoxy) is 1. The van der Waals surface area contributed by atoms with Crippen molar-refractivity contribution in [3.8, 4) is 11.9 Å². The second-order valence-electron chi connectivity index (χ2n) is 7.29. The van der Waals surface area contributed by atoms with Crippen LogP contribution >= 0.6 is 0 Å². The molecule has 1 atom stereocenters. The molecule has 31 heavy (non-hydrogen) atoms. The summed E-state index contributed by atoms with van der Waals surface area (Å²) in [5, 5.41) is 10.7. The summed E-state index contributed by atoms with van der Waals surface area (Å²) < 4.78 is 7.49. The average molecular weight is 411 g/mol. The Morgan fingerprint density at radius 1 is 1.06 bits per heavy atom. The fraction of sp³-hybridized carbons (Fsp3) is 0.0870. The van der Waals surface area contributed by atoms with Gasteiger partial charge in [0, 0.05) is 23.6 Å². The zero-order valence-electron chi connectivity index (χ0n) is 16.3. The molecule has 0 saturated heterocycles. The normalized spacial score (nSPS) is 15.4. The van der Waals surface area contributed by atoms with Crippen LogP contribution in [0, 0.1) is 11.3 Å². The van der Waals surface area contributed by atoms with Crippen molar-refractivity contribution >= 4 is 10.9 Å². The Bertz CT molecular complexity index is 1500. The third-order valence-corrected chi connectivity index (χ3v) is 5.44. The summed E-state index contributed by atoms with van der Waals surface area (Å²) in [7, 11) is 0. The molecule has 2 aromatic heterocycles. The number of fused-ring (bicyclic) bond motifs is 2. The predicted octanol–water partition coefficient (Wildman–Crippen LogP) is 2.28. The Morgan fingerprint density at radius 3 is 2.58 bits per heavy atom. The zero-order valence-corrected chi connectivity index (χ0v) is 16.3. The van der Waals surface area contributed by atoms with Gasteiger partial charge in [-0.1, -0.05) is 48.5 Å². The number of allylic oxidation sites excluding steroid dienone is 1. The summed E-state index contributed by atoms with van der Waals surface area (Å²) in [5.74, 6) is -0.965. The molecule has 0 fully saturated rings. The van der Waals surface area contributed by atoms with Crippen LogP contribution in [0.15, 0.2) is 81.8 Å². The molecule has 8 nitrogen and oxygen atoms in total. The Labute approximate surface area is 175 Å². The molecule has 3 heterocycles. The number of hydrogen-bond donors (Lipinski definition) is 3. The van der Waals surface area contributed by atoms with Crippen molar-refractivity contribution in [2.45, 2.75) is 12.5 Å². The minimum Gasteiger partial charge on any atom is -0.424 e. The highest BCUT2D eigenvalue weighted by Crippen LogP contribution is 2.41. The number of benzene rings is 2. The van der Waals surface area contributed by atoms with Crippen molar-refractivity contribution in [3.63, 3.8) is 0 Å². The highest BCUT2D eigenvalue weighted by atomic mass is 16.5. The molecule has 2 aromatic carbocycles. The largest absolute Gasteiger partial charge is 0.424 e. The van der Waals surface area contributed by atoms with Gasteiger partial charge in [0.2, 0.25) is 11.8 Å². The lowest BCUT2D eigenvalue weighted by Gasteiger charge is -2.24. The number of rotatable bonds is 3. The lowest BCUT2D eigenvalue weighted by Crippen LogP contribution is -2.33. The maximum absolute atomic E-state index is 12.7. The summed E-state index contributed by atoms with van der Waals surface area (Å²) in [4.78, 5) is 29.2. The molecular weight excluding hydrogens is 394 g/mol. The third-order valence-electron chi connectivity index (χ3n) is 5.44. The number of nitrogens with two attached hydrogens (primary N) is 1. The quantitative estimate of drug-likeness (QED) is 0.476. The number of H-pyrrole nitrogens is 2. The summed E-state index contributed by atoms with van der Waals surface area (Å²) in [6, 6.07) is 19.8. The van der Waals surface area contributed by atoms with Crippen molar-refractivity contribution in [2.24, 2.45) is 5.73 Å². The fourth-order valence-electron chi connectivity index (χ4n) is 4.12. The van der Waals surface area contributed by atoms with Crippen molar-refractivity contribution in [1.82, 2.24) is 14.5 Å². The third kappa shape index (κ3) is 3.00. The maximum Gasteiger partial charge on any atom is 0.328 e. The number of aromatic nitrogens is 3.